The Balaban J connectivity index is 1.95. The van der Waals surface area contributed by atoms with Crippen molar-refractivity contribution in [3.8, 4) is 0 Å². The maximum atomic E-state index is 4.55. The quantitative estimate of drug-likeness (QED) is 0.901. The third-order valence-electron chi connectivity index (χ3n) is 3.21. The van der Waals surface area contributed by atoms with E-state index >= 15 is 0 Å². The molecule has 2 rings (SSSR count). The Bertz CT molecular complexity index is 494. The Hall–Kier alpha value is -1.19. The number of benzene rings is 1. The fraction of sp³-hybridized carbons (Fsp3) is 0.400. The maximum absolute atomic E-state index is 4.55. The standard InChI is InChI=1S/C15H20N2S/c1-10-5-7-14(8-6-10)12(3)16-9-15-17-11(2)13(4)18-15/h5-8,12,16H,9H2,1-4H3/t12-/m0/s1. The second-order valence-corrected chi connectivity index (χ2v) is 6.05. The van der Waals surface area contributed by atoms with Crippen LogP contribution < -0.4 is 5.32 Å². The number of rotatable bonds is 4. The summed E-state index contributed by atoms with van der Waals surface area (Å²) in [5.41, 5.74) is 3.78. The van der Waals surface area contributed by atoms with Crippen molar-refractivity contribution in [3.63, 3.8) is 0 Å². The van der Waals surface area contributed by atoms with Crippen molar-refractivity contribution >= 4 is 11.3 Å². The molecule has 0 saturated heterocycles. The molecule has 1 N–H and O–H groups in total. The Kier molecular flexibility index (Phi) is 4.15. The van der Waals surface area contributed by atoms with Gasteiger partial charge in [-0.05, 0) is 33.3 Å². The minimum Gasteiger partial charge on any atom is -0.304 e. The van der Waals surface area contributed by atoms with Gasteiger partial charge in [0, 0.05) is 17.5 Å². The summed E-state index contributed by atoms with van der Waals surface area (Å²) in [7, 11) is 0. The molecule has 1 aromatic heterocycles. The van der Waals surface area contributed by atoms with E-state index in [1.807, 2.05) is 0 Å². The van der Waals surface area contributed by atoms with Crippen molar-refractivity contribution in [1.82, 2.24) is 10.3 Å². The van der Waals surface area contributed by atoms with Crippen LogP contribution in [0.5, 0.6) is 0 Å². The molecule has 0 saturated carbocycles. The summed E-state index contributed by atoms with van der Waals surface area (Å²) in [4.78, 5) is 5.86. The molecule has 2 nitrogen and oxygen atoms in total. The molecule has 1 aromatic carbocycles. The van der Waals surface area contributed by atoms with Crippen molar-refractivity contribution in [2.45, 2.75) is 40.3 Å². The zero-order valence-corrected chi connectivity index (χ0v) is 12.3. The van der Waals surface area contributed by atoms with Crippen LogP contribution in [0.3, 0.4) is 0 Å². The lowest BCUT2D eigenvalue weighted by molar-refractivity contribution is 0.573. The van der Waals surface area contributed by atoms with Crippen molar-refractivity contribution in [1.29, 1.82) is 0 Å². The monoisotopic (exact) mass is 260 g/mol. The second-order valence-electron chi connectivity index (χ2n) is 4.76. The Morgan fingerprint density at radius 2 is 1.83 bits per heavy atom. The SMILES string of the molecule is Cc1ccc([C@H](C)NCc2nc(C)c(C)s2)cc1. The molecular weight excluding hydrogens is 240 g/mol. The van der Waals surface area contributed by atoms with Gasteiger partial charge < -0.3 is 5.32 Å². The first-order chi connectivity index (χ1) is 8.56. The van der Waals surface area contributed by atoms with Crippen LogP contribution in [0, 0.1) is 20.8 Å². The van der Waals surface area contributed by atoms with Crippen molar-refractivity contribution in [2.75, 3.05) is 0 Å². The molecule has 0 radical (unpaired) electrons. The van der Waals surface area contributed by atoms with Gasteiger partial charge in [0.1, 0.15) is 5.01 Å². The van der Waals surface area contributed by atoms with E-state index in [4.69, 9.17) is 0 Å². The summed E-state index contributed by atoms with van der Waals surface area (Å²) >= 11 is 1.78. The molecule has 0 aliphatic heterocycles. The summed E-state index contributed by atoms with van der Waals surface area (Å²) in [5.74, 6) is 0. The van der Waals surface area contributed by atoms with Crippen molar-refractivity contribution in [3.05, 3.63) is 51.0 Å². The first-order valence-electron chi connectivity index (χ1n) is 6.29. The lowest BCUT2D eigenvalue weighted by Gasteiger charge is -2.13. The average molecular weight is 260 g/mol. The van der Waals surface area contributed by atoms with Crippen molar-refractivity contribution in [2.24, 2.45) is 0 Å². The molecule has 0 amide bonds. The van der Waals surface area contributed by atoms with Crippen LogP contribution in [0.15, 0.2) is 24.3 Å². The second kappa shape index (κ2) is 5.63. The molecular formula is C15H20N2S. The normalized spacial score (nSPS) is 12.7. The van der Waals surface area contributed by atoms with E-state index in [9.17, 15) is 0 Å². The summed E-state index contributed by atoms with van der Waals surface area (Å²) in [6.07, 6.45) is 0. The van der Waals surface area contributed by atoms with Gasteiger partial charge in [0.2, 0.25) is 0 Å². The van der Waals surface area contributed by atoms with Gasteiger partial charge in [-0.1, -0.05) is 29.8 Å². The number of hydrogen-bond acceptors (Lipinski definition) is 3. The van der Waals surface area contributed by atoms with Crippen LogP contribution in [0.1, 0.15) is 39.7 Å². The van der Waals surface area contributed by atoms with Crippen LogP contribution in [0.4, 0.5) is 0 Å². The molecule has 2 aromatic rings. The summed E-state index contributed by atoms with van der Waals surface area (Å²) in [5, 5.41) is 4.69. The predicted octanol–water partition coefficient (Wildman–Crippen LogP) is 3.92. The fourth-order valence-electron chi connectivity index (χ4n) is 1.83. The molecule has 0 unspecified atom stereocenters. The molecule has 18 heavy (non-hydrogen) atoms. The molecule has 3 heteroatoms. The highest BCUT2D eigenvalue weighted by Crippen LogP contribution is 2.18. The number of thiazole rings is 1. The van der Waals surface area contributed by atoms with Gasteiger partial charge in [-0.25, -0.2) is 4.98 Å². The van der Waals surface area contributed by atoms with Crippen LogP contribution >= 0.6 is 11.3 Å². The van der Waals surface area contributed by atoms with E-state index in [0.29, 0.717) is 6.04 Å². The van der Waals surface area contributed by atoms with Gasteiger partial charge >= 0.3 is 0 Å². The third kappa shape index (κ3) is 3.18. The predicted molar refractivity (Wildman–Crippen MR) is 78.0 cm³/mol. The lowest BCUT2D eigenvalue weighted by Crippen LogP contribution is -2.17. The third-order valence-corrected chi connectivity index (χ3v) is 4.28. The van der Waals surface area contributed by atoms with Crippen LogP contribution in [-0.4, -0.2) is 4.98 Å². The topological polar surface area (TPSA) is 24.9 Å². The smallest absolute Gasteiger partial charge is 0.107 e. The summed E-state index contributed by atoms with van der Waals surface area (Å²) < 4.78 is 0. The van der Waals surface area contributed by atoms with E-state index < -0.39 is 0 Å². The molecule has 0 bridgehead atoms. The minimum atomic E-state index is 0.357. The van der Waals surface area contributed by atoms with Gasteiger partial charge in [0.05, 0.1) is 5.69 Å². The van der Waals surface area contributed by atoms with Crippen molar-refractivity contribution < 1.29 is 0 Å². The minimum absolute atomic E-state index is 0.357. The van der Waals surface area contributed by atoms with Gasteiger partial charge in [-0.15, -0.1) is 11.3 Å². The maximum Gasteiger partial charge on any atom is 0.107 e. The molecule has 1 atom stereocenters. The molecule has 0 fully saturated rings. The van der Waals surface area contributed by atoms with Gasteiger partial charge in [0.15, 0.2) is 0 Å². The zero-order valence-electron chi connectivity index (χ0n) is 11.4. The van der Waals surface area contributed by atoms with E-state index in [2.05, 4.69) is 62.3 Å². The molecule has 1 heterocycles. The van der Waals surface area contributed by atoms with E-state index in [1.165, 1.54) is 21.0 Å². The highest BCUT2D eigenvalue weighted by molar-refractivity contribution is 7.11. The van der Waals surface area contributed by atoms with E-state index in [1.54, 1.807) is 11.3 Å². The van der Waals surface area contributed by atoms with Crippen LogP contribution in [-0.2, 0) is 6.54 Å². The first kappa shape index (κ1) is 13.2. The van der Waals surface area contributed by atoms with Crippen LogP contribution in [0.25, 0.3) is 0 Å². The number of nitrogens with zero attached hydrogens (tertiary/aromatic N) is 1. The van der Waals surface area contributed by atoms with Gasteiger partial charge in [0.25, 0.3) is 0 Å². The highest BCUT2D eigenvalue weighted by Gasteiger charge is 2.07. The molecule has 0 spiro atoms. The fourth-order valence-corrected chi connectivity index (χ4v) is 2.71. The lowest BCUT2D eigenvalue weighted by atomic mass is 10.1. The number of aromatic nitrogens is 1. The zero-order chi connectivity index (χ0) is 13.1. The Labute approximate surface area is 113 Å². The van der Waals surface area contributed by atoms with Crippen LogP contribution in [0.2, 0.25) is 0 Å². The number of aryl methyl sites for hydroxylation is 3. The Morgan fingerprint density at radius 1 is 1.17 bits per heavy atom. The summed E-state index contributed by atoms with van der Waals surface area (Å²) in [6.45, 7) is 9.34. The molecule has 0 aliphatic carbocycles. The largest absolute Gasteiger partial charge is 0.304 e. The first-order valence-corrected chi connectivity index (χ1v) is 7.11. The van der Waals surface area contributed by atoms with Gasteiger partial charge in [-0.3, -0.25) is 0 Å². The summed E-state index contributed by atoms with van der Waals surface area (Å²) in [6, 6.07) is 9.04. The Morgan fingerprint density at radius 3 is 2.39 bits per heavy atom. The van der Waals surface area contributed by atoms with E-state index in [-0.39, 0.29) is 0 Å². The molecule has 0 aliphatic rings. The molecule has 96 valence electrons. The number of hydrogen-bond donors (Lipinski definition) is 1. The highest BCUT2D eigenvalue weighted by atomic mass is 32.1. The van der Waals surface area contributed by atoms with Gasteiger partial charge in [-0.2, -0.15) is 0 Å². The average Bonchev–Trinajstić information content (AvgIpc) is 2.67. The van der Waals surface area contributed by atoms with E-state index in [0.717, 1.165) is 12.2 Å². The number of nitrogens with one attached hydrogen (secondary N) is 1.